The number of carboxylic acid groups (broad SMARTS) is 1. The van der Waals surface area contributed by atoms with E-state index in [4.69, 9.17) is 10.8 Å². The minimum absolute atomic E-state index is 0.0679. The average Bonchev–Trinajstić information content (AvgIpc) is 3.49. The highest BCUT2D eigenvalue weighted by atomic mass is 16.4. The monoisotopic (exact) mass is 485 g/mol. The van der Waals surface area contributed by atoms with E-state index < -0.39 is 42.0 Å². The molecule has 1 fully saturated rings. The van der Waals surface area contributed by atoms with Crippen molar-refractivity contribution in [3.63, 3.8) is 0 Å². The van der Waals surface area contributed by atoms with Gasteiger partial charge in [0, 0.05) is 30.1 Å². The normalized spacial score (nSPS) is 19.1. The van der Waals surface area contributed by atoms with Crippen LogP contribution in [0.1, 0.15) is 45.6 Å². The second-order valence-corrected chi connectivity index (χ2v) is 9.29. The lowest BCUT2D eigenvalue weighted by Crippen LogP contribution is -2.57. The SMILES string of the molecule is CCC(C)C(N)C(=O)NC(Cc1c[nH]c2ccccc12)C(=O)N1CCCC1C(=O)NC(C)C(=O)O. The van der Waals surface area contributed by atoms with Gasteiger partial charge in [0.25, 0.3) is 0 Å². The molecule has 1 aromatic carbocycles. The Hall–Kier alpha value is -3.40. The summed E-state index contributed by atoms with van der Waals surface area (Å²) in [5, 5.41) is 15.4. The molecule has 1 aromatic heterocycles. The summed E-state index contributed by atoms with van der Waals surface area (Å²) in [5.41, 5.74) is 7.90. The van der Waals surface area contributed by atoms with E-state index in [1.807, 2.05) is 44.3 Å². The van der Waals surface area contributed by atoms with Crippen LogP contribution in [0.5, 0.6) is 0 Å². The lowest BCUT2D eigenvalue weighted by Gasteiger charge is -2.30. The highest BCUT2D eigenvalue weighted by molar-refractivity contribution is 5.95. The molecule has 3 amide bonds. The molecule has 5 unspecified atom stereocenters. The Morgan fingerprint density at radius 2 is 1.91 bits per heavy atom. The summed E-state index contributed by atoms with van der Waals surface area (Å²) in [6.07, 6.45) is 3.77. The van der Waals surface area contributed by atoms with E-state index in [2.05, 4.69) is 15.6 Å². The molecule has 1 aliphatic heterocycles. The number of rotatable bonds is 10. The van der Waals surface area contributed by atoms with E-state index in [1.54, 1.807) is 0 Å². The summed E-state index contributed by atoms with van der Waals surface area (Å²) in [4.78, 5) is 55.2. The molecule has 190 valence electrons. The van der Waals surface area contributed by atoms with Gasteiger partial charge in [0.2, 0.25) is 17.7 Å². The highest BCUT2D eigenvalue weighted by Gasteiger charge is 2.39. The van der Waals surface area contributed by atoms with Gasteiger partial charge in [0.05, 0.1) is 6.04 Å². The molecule has 6 N–H and O–H groups in total. The maximum absolute atomic E-state index is 13.7. The molecule has 35 heavy (non-hydrogen) atoms. The van der Waals surface area contributed by atoms with Crippen molar-refractivity contribution in [2.75, 3.05) is 6.54 Å². The molecule has 1 aliphatic rings. The van der Waals surface area contributed by atoms with Crippen LogP contribution < -0.4 is 16.4 Å². The van der Waals surface area contributed by atoms with Gasteiger partial charge in [-0.05, 0) is 37.3 Å². The number of aromatic nitrogens is 1. The van der Waals surface area contributed by atoms with Crippen LogP contribution in [-0.4, -0.2) is 69.4 Å². The van der Waals surface area contributed by atoms with Crippen molar-refractivity contribution < 1.29 is 24.3 Å². The predicted octanol–water partition coefficient (Wildman–Crippen LogP) is 1.15. The molecule has 2 heterocycles. The second-order valence-electron chi connectivity index (χ2n) is 9.29. The van der Waals surface area contributed by atoms with E-state index in [0.29, 0.717) is 25.8 Å². The van der Waals surface area contributed by atoms with Gasteiger partial charge in [-0.3, -0.25) is 19.2 Å². The van der Waals surface area contributed by atoms with E-state index in [9.17, 15) is 19.2 Å². The van der Waals surface area contributed by atoms with Crippen molar-refractivity contribution in [2.45, 2.75) is 70.6 Å². The van der Waals surface area contributed by atoms with Crippen molar-refractivity contribution >= 4 is 34.6 Å². The zero-order valence-corrected chi connectivity index (χ0v) is 20.4. The quantitative estimate of drug-likeness (QED) is 0.340. The zero-order valence-electron chi connectivity index (χ0n) is 20.4. The summed E-state index contributed by atoms with van der Waals surface area (Å²) in [7, 11) is 0. The van der Waals surface area contributed by atoms with E-state index in [-0.39, 0.29) is 18.2 Å². The zero-order chi connectivity index (χ0) is 25.7. The number of nitrogens with two attached hydrogens (primary N) is 1. The van der Waals surface area contributed by atoms with E-state index in [1.165, 1.54) is 11.8 Å². The molecule has 2 aromatic rings. The van der Waals surface area contributed by atoms with Gasteiger partial charge in [0.15, 0.2) is 0 Å². The summed E-state index contributed by atoms with van der Waals surface area (Å²) >= 11 is 0. The van der Waals surface area contributed by atoms with Gasteiger partial charge in [-0.1, -0.05) is 38.5 Å². The van der Waals surface area contributed by atoms with Gasteiger partial charge in [-0.2, -0.15) is 0 Å². The maximum atomic E-state index is 13.7. The molecule has 10 heteroatoms. The molecular weight excluding hydrogens is 450 g/mol. The Balaban J connectivity index is 1.85. The average molecular weight is 486 g/mol. The smallest absolute Gasteiger partial charge is 0.325 e. The fourth-order valence-corrected chi connectivity index (χ4v) is 4.38. The Kier molecular flexibility index (Phi) is 8.50. The lowest BCUT2D eigenvalue weighted by atomic mass is 9.98. The molecule has 0 saturated carbocycles. The van der Waals surface area contributed by atoms with Crippen LogP contribution in [0.3, 0.4) is 0 Å². The number of aromatic amines is 1. The van der Waals surface area contributed by atoms with Crippen LogP contribution in [0.15, 0.2) is 30.5 Å². The first-order chi connectivity index (χ1) is 16.6. The van der Waals surface area contributed by atoms with Gasteiger partial charge < -0.3 is 31.4 Å². The number of H-pyrrole nitrogens is 1. The summed E-state index contributed by atoms with van der Waals surface area (Å²) < 4.78 is 0. The van der Waals surface area contributed by atoms with Gasteiger partial charge in [-0.25, -0.2) is 0 Å². The Bertz CT molecular complexity index is 1080. The third-order valence-electron chi connectivity index (χ3n) is 6.84. The molecule has 0 bridgehead atoms. The third-order valence-corrected chi connectivity index (χ3v) is 6.84. The summed E-state index contributed by atoms with van der Waals surface area (Å²) in [5.74, 6) is -2.54. The van der Waals surface area contributed by atoms with Crippen LogP contribution in [0.4, 0.5) is 0 Å². The largest absolute Gasteiger partial charge is 0.480 e. The van der Waals surface area contributed by atoms with Crippen molar-refractivity contribution in [3.05, 3.63) is 36.0 Å². The lowest BCUT2D eigenvalue weighted by molar-refractivity contribution is -0.144. The first-order valence-electron chi connectivity index (χ1n) is 12.1. The minimum Gasteiger partial charge on any atom is -0.480 e. The number of hydrogen-bond donors (Lipinski definition) is 5. The van der Waals surface area contributed by atoms with Crippen LogP contribution in [-0.2, 0) is 25.6 Å². The number of fused-ring (bicyclic) bond motifs is 1. The number of aliphatic carboxylic acids is 1. The summed E-state index contributed by atoms with van der Waals surface area (Å²) in [6, 6.07) is 4.11. The predicted molar refractivity (Wildman–Crippen MR) is 131 cm³/mol. The van der Waals surface area contributed by atoms with E-state index in [0.717, 1.165) is 16.5 Å². The standard InChI is InChI=1S/C25H35N5O5/c1-4-14(2)21(26)23(32)29-19(12-16-13-27-18-9-6-5-8-17(16)18)24(33)30-11-7-10-20(30)22(31)28-15(3)25(34)35/h5-6,8-9,13-15,19-21,27H,4,7,10-12,26H2,1-3H3,(H,28,31)(H,29,32)(H,34,35). The molecular formula is C25H35N5O5. The number of carbonyl (C=O) groups excluding carboxylic acids is 3. The Morgan fingerprint density at radius 3 is 2.60 bits per heavy atom. The van der Waals surface area contributed by atoms with Gasteiger partial charge >= 0.3 is 5.97 Å². The van der Waals surface area contributed by atoms with Crippen LogP contribution >= 0.6 is 0 Å². The fraction of sp³-hybridized carbons (Fsp3) is 0.520. The van der Waals surface area contributed by atoms with Gasteiger partial charge in [-0.15, -0.1) is 0 Å². The van der Waals surface area contributed by atoms with Crippen LogP contribution in [0.25, 0.3) is 10.9 Å². The Labute approximate surface area is 204 Å². The van der Waals surface area contributed by atoms with Crippen molar-refractivity contribution in [1.82, 2.24) is 20.5 Å². The molecule has 3 rings (SSSR count). The molecule has 0 radical (unpaired) electrons. The number of carbonyl (C=O) groups is 4. The van der Waals surface area contributed by atoms with Crippen molar-refractivity contribution in [2.24, 2.45) is 11.7 Å². The highest BCUT2D eigenvalue weighted by Crippen LogP contribution is 2.23. The minimum atomic E-state index is -1.15. The van der Waals surface area contributed by atoms with E-state index >= 15 is 0 Å². The number of nitrogens with zero attached hydrogens (tertiary/aromatic N) is 1. The fourth-order valence-electron chi connectivity index (χ4n) is 4.38. The molecule has 1 saturated heterocycles. The number of carboxylic acids is 1. The number of nitrogens with one attached hydrogen (secondary N) is 3. The van der Waals surface area contributed by atoms with Gasteiger partial charge in [0.1, 0.15) is 18.1 Å². The molecule has 0 aliphatic carbocycles. The molecule has 5 atom stereocenters. The number of benzene rings is 1. The second kappa shape index (κ2) is 11.4. The number of amides is 3. The van der Waals surface area contributed by atoms with Crippen LogP contribution in [0, 0.1) is 5.92 Å². The third kappa shape index (κ3) is 6.00. The number of hydrogen-bond acceptors (Lipinski definition) is 5. The molecule has 0 spiro atoms. The van der Waals surface area contributed by atoms with Crippen molar-refractivity contribution in [3.8, 4) is 0 Å². The molecule has 10 nitrogen and oxygen atoms in total. The number of para-hydroxylation sites is 1. The van der Waals surface area contributed by atoms with Crippen molar-refractivity contribution in [1.29, 1.82) is 0 Å². The summed E-state index contributed by atoms with van der Waals surface area (Å²) in [6.45, 7) is 5.54. The Morgan fingerprint density at radius 1 is 1.20 bits per heavy atom. The number of likely N-dealkylation sites (tertiary alicyclic amines) is 1. The topological polar surface area (TPSA) is 158 Å². The maximum Gasteiger partial charge on any atom is 0.325 e. The first kappa shape index (κ1) is 26.2. The first-order valence-corrected chi connectivity index (χ1v) is 12.1. The van der Waals surface area contributed by atoms with Crippen LogP contribution in [0.2, 0.25) is 0 Å².